The topological polar surface area (TPSA) is 50.4 Å². The lowest BCUT2D eigenvalue weighted by Gasteiger charge is -2.15. The van der Waals surface area contributed by atoms with Crippen molar-refractivity contribution in [3.8, 4) is 0 Å². The van der Waals surface area contributed by atoms with Crippen molar-refractivity contribution in [1.29, 1.82) is 0 Å². The zero-order valence-corrected chi connectivity index (χ0v) is 12.1. The van der Waals surface area contributed by atoms with E-state index in [1.807, 2.05) is 26.0 Å². The third-order valence-corrected chi connectivity index (χ3v) is 3.56. The van der Waals surface area contributed by atoms with Gasteiger partial charge in [-0.1, -0.05) is 6.07 Å². The molecule has 1 heterocycles. The number of aryl methyl sites for hydroxylation is 2. The molecular formula is C13H17BrN2O2. The Bertz CT molecular complexity index is 433. The van der Waals surface area contributed by atoms with Gasteiger partial charge in [0.2, 0.25) is 0 Å². The van der Waals surface area contributed by atoms with E-state index in [-0.39, 0.29) is 12.1 Å². The van der Waals surface area contributed by atoms with Gasteiger partial charge in [0, 0.05) is 11.1 Å². The minimum absolute atomic E-state index is 0.120. The Morgan fingerprint density at radius 2 is 2.22 bits per heavy atom. The summed E-state index contributed by atoms with van der Waals surface area (Å²) in [6, 6.07) is 3.97. The zero-order valence-electron chi connectivity index (χ0n) is 10.5. The third kappa shape index (κ3) is 3.23. The molecule has 0 bridgehead atoms. The average molecular weight is 313 g/mol. The molecule has 2 rings (SSSR count). The predicted molar refractivity (Wildman–Crippen MR) is 75.0 cm³/mol. The molecule has 4 nitrogen and oxygen atoms in total. The van der Waals surface area contributed by atoms with Crippen molar-refractivity contribution >= 4 is 27.6 Å². The van der Waals surface area contributed by atoms with Crippen molar-refractivity contribution in [2.75, 3.05) is 18.5 Å². The van der Waals surface area contributed by atoms with Gasteiger partial charge in [-0.15, -0.1) is 0 Å². The molecule has 0 spiro atoms. The van der Waals surface area contributed by atoms with Crippen molar-refractivity contribution in [1.82, 2.24) is 5.32 Å². The molecule has 1 aromatic carbocycles. The summed E-state index contributed by atoms with van der Waals surface area (Å²) >= 11 is 3.47. The molecule has 0 aliphatic carbocycles. The van der Waals surface area contributed by atoms with E-state index in [1.54, 1.807) is 0 Å². The third-order valence-electron chi connectivity index (χ3n) is 2.94. The van der Waals surface area contributed by atoms with Gasteiger partial charge in [0.05, 0.1) is 18.3 Å². The van der Waals surface area contributed by atoms with Gasteiger partial charge in [-0.3, -0.25) is 0 Å². The van der Waals surface area contributed by atoms with Gasteiger partial charge in [-0.2, -0.15) is 0 Å². The Hall–Kier alpha value is -1.07. The van der Waals surface area contributed by atoms with Crippen LogP contribution in [-0.4, -0.2) is 25.3 Å². The van der Waals surface area contributed by atoms with Gasteiger partial charge in [0.1, 0.15) is 0 Å². The van der Waals surface area contributed by atoms with E-state index in [1.165, 1.54) is 0 Å². The maximum Gasteiger partial charge on any atom is 0.319 e. The molecule has 0 radical (unpaired) electrons. The summed E-state index contributed by atoms with van der Waals surface area (Å²) in [6.07, 6.45) is 0.876. The molecule has 1 fully saturated rings. The minimum Gasteiger partial charge on any atom is -0.379 e. The lowest BCUT2D eigenvalue weighted by molar-refractivity contribution is 0.189. The number of benzene rings is 1. The Labute approximate surface area is 115 Å². The number of anilines is 1. The van der Waals surface area contributed by atoms with E-state index in [4.69, 9.17) is 4.74 Å². The van der Waals surface area contributed by atoms with Crippen molar-refractivity contribution in [2.45, 2.75) is 26.3 Å². The molecule has 2 amide bonds. The second-order valence-electron chi connectivity index (χ2n) is 4.60. The van der Waals surface area contributed by atoms with Crippen LogP contribution in [0, 0.1) is 13.8 Å². The summed E-state index contributed by atoms with van der Waals surface area (Å²) in [5, 5.41) is 5.78. The fraction of sp³-hybridized carbons (Fsp3) is 0.462. The number of carbonyl (C=O) groups is 1. The standard InChI is InChI=1S/C13H17BrN2O2/c1-8-5-9(2)12(11(14)6-8)16-13(17)15-10-3-4-18-7-10/h5-6,10H,3-4,7H2,1-2H3,(H2,15,16,17). The van der Waals surface area contributed by atoms with Crippen LogP contribution < -0.4 is 10.6 Å². The molecule has 0 aromatic heterocycles. The van der Waals surface area contributed by atoms with E-state index >= 15 is 0 Å². The van der Waals surface area contributed by atoms with Gasteiger partial charge in [0.25, 0.3) is 0 Å². The number of amides is 2. The SMILES string of the molecule is Cc1cc(C)c(NC(=O)NC2CCOC2)c(Br)c1. The Morgan fingerprint density at radius 3 is 2.83 bits per heavy atom. The van der Waals surface area contributed by atoms with Crippen molar-refractivity contribution in [3.63, 3.8) is 0 Å². The second-order valence-corrected chi connectivity index (χ2v) is 5.45. The quantitative estimate of drug-likeness (QED) is 0.882. The molecule has 1 aromatic rings. The normalized spacial score (nSPS) is 18.7. The van der Waals surface area contributed by atoms with Crippen LogP contribution in [0.1, 0.15) is 17.5 Å². The number of nitrogens with one attached hydrogen (secondary N) is 2. The number of urea groups is 1. The lowest BCUT2D eigenvalue weighted by Crippen LogP contribution is -2.38. The maximum absolute atomic E-state index is 11.9. The first kappa shape index (κ1) is 13.4. The highest BCUT2D eigenvalue weighted by atomic mass is 79.9. The maximum atomic E-state index is 11.9. The summed E-state index contributed by atoms with van der Waals surface area (Å²) in [4.78, 5) is 11.9. The molecule has 1 unspecified atom stereocenters. The molecule has 2 N–H and O–H groups in total. The van der Waals surface area contributed by atoms with Gasteiger partial charge < -0.3 is 15.4 Å². The minimum atomic E-state index is -0.182. The van der Waals surface area contributed by atoms with Crippen LogP contribution in [0.3, 0.4) is 0 Å². The number of hydrogen-bond donors (Lipinski definition) is 2. The van der Waals surface area contributed by atoms with E-state index in [9.17, 15) is 4.79 Å². The number of hydrogen-bond acceptors (Lipinski definition) is 2. The number of rotatable bonds is 2. The predicted octanol–water partition coefficient (Wildman–Crippen LogP) is 2.98. The van der Waals surface area contributed by atoms with Gasteiger partial charge in [0.15, 0.2) is 0 Å². The van der Waals surface area contributed by atoms with E-state index < -0.39 is 0 Å². The molecular weight excluding hydrogens is 296 g/mol. The van der Waals surface area contributed by atoms with Gasteiger partial charge >= 0.3 is 6.03 Å². The summed E-state index contributed by atoms with van der Waals surface area (Å²) in [5.41, 5.74) is 3.02. The van der Waals surface area contributed by atoms with Crippen LogP contribution in [0.15, 0.2) is 16.6 Å². The van der Waals surface area contributed by atoms with Crippen molar-refractivity contribution in [2.24, 2.45) is 0 Å². The molecule has 1 aliphatic rings. The van der Waals surface area contributed by atoms with E-state index in [0.717, 1.165) is 34.3 Å². The van der Waals surface area contributed by atoms with Crippen LogP contribution >= 0.6 is 15.9 Å². The molecule has 1 atom stereocenters. The molecule has 18 heavy (non-hydrogen) atoms. The highest BCUT2D eigenvalue weighted by molar-refractivity contribution is 9.10. The highest BCUT2D eigenvalue weighted by Gasteiger charge is 2.18. The second kappa shape index (κ2) is 5.71. The van der Waals surface area contributed by atoms with Gasteiger partial charge in [-0.25, -0.2) is 4.79 Å². The van der Waals surface area contributed by atoms with Crippen LogP contribution in [0.25, 0.3) is 0 Å². The first-order valence-corrected chi connectivity index (χ1v) is 6.77. The van der Waals surface area contributed by atoms with Crippen LogP contribution in [0.5, 0.6) is 0 Å². The van der Waals surface area contributed by atoms with E-state index in [0.29, 0.717) is 6.61 Å². The Balaban J connectivity index is 2.02. The summed E-state index contributed by atoms with van der Waals surface area (Å²) < 4.78 is 6.12. The Kier molecular flexibility index (Phi) is 4.24. The average Bonchev–Trinajstić information content (AvgIpc) is 2.76. The summed E-state index contributed by atoms with van der Waals surface area (Å²) in [5.74, 6) is 0. The largest absolute Gasteiger partial charge is 0.379 e. The lowest BCUT2D eigenvalue weighted by atomic mass is 10.1. The number of ether oxygens (including phenoxy) is 1. The molecule has 0 saturated carbocycles. The van der Waals surface area contributed by atoms with Crippen LogP contribution in [0.2, 0.25) is 0 Å². The zero-order chi connectivity index (χ0) is 13.1. The van der Waals surface area contributed by atoms with Crippen LogP contribution in [-0.2, 0) is 4.74 Å². The van der Waals surface area contributed by atoms with Gasteiger partial charge in [-0.05, 0) is 53.4 Å². The molecule has 5 heteroatoms. The first-order valence-electron chi connectivity index (χ1n) is 5.98. The molecule has 1 aliphatic heterocycles. The summed E-state index contributed by atoms with van der Waals surface area (Å²) in [7, 11) is 0. The number of halogens is 1. The molecule has 98 valence electrons. The number of carbonyl (C=O) groups excluding carboxylic acids is 1. The monoisotopic (exact) mass is 312 g/mol. The fourth-order valence-electron chi connectivity index (χ4n) is 2.06. The fourth-order valence-corrected chi connectivity index (χ4v) is 2.83. The first-order chi connectivity index (χ1) is 8.56. The van der Waals surface area contributed by atoms with Crippen LogP contribution in [0.4, 0.5) is 10.5 Å². The van der Waals surface area contributed by atoms with Crippen molar-refractivity contribution < 1.29 is 9.53 Å². The Morgan fingerprint density at radius 1 is 1.44 bits per heavy atom. The highest BCUT2D eigenvalue weighted by Crippen LogP contribution is 2.27. The summed E-state index contributed by atoms with van der Waals surface area (Å²) in [6.45, 7) is 5.32. The molecule has 1 saturated heterocycles. The smallest absolute Gasteiger partial charge is 0.319 e. The van der Waals surface area contributed by atoms with Crippen molar-refractivity contribution in [3.05, 3.63) is 27.7 Å². The van der Waals surface area contributed by atoms with E-state index in [2.05, 4.69) is 26.6 Å².